The molecular formula is C22H18S. The van der Waals surface area contributed by atoms with Gasteiger partial charge in [0.25, 0.3) is 0 Å². The Morgan fingerprint density at radius 2 is 1.04 bits per heavy atom. The van der Waals surface area contributed by atoms with Crippen molar-refractivity contribution in [2.45, 2.75) is 6.42 Å². The summed E-state index contributed by atoms with van der Waals surface area (Å²) in [5.41, 5.74) is 4.02. The van der Waals surface area contributed by atoms with Gasteiger partial charge in [-0.3, -0.25) is 0 Å². The van der Waals surface area contributed by atoms with Gasteiger partial charge < -0.3 is 0 Å². The maximum Gasteiger partial charge on any atom is -0.00266 e. The van der Waals surface area contributed by atoms with E-state index in [9.17, 15) is 0 Å². The zero-order valence-corrected chi connectivity index (χ0v) is 13.8. The van der Waals surface area contributed by atoms with Crippen LogP contribution in [0.4, 0.5) is 0 Å². The van der Waals surface area contributed by atoms with Crippen molar-refractivity contribution in [2.75, 3.05) is 5.75 Å². The van der Waals surface area contributed by atoms with Crippen LogP contribution in [0.1, 0.15) is 5.56 Å². The molecule has 0 atom stereocenters. The zero-order valence-electron chi connectivity index (χ0n) is 12.9. The molecule has 0 N–H and O–H groups in total. The van der Waals surface area contributed by atoms with Gasteiger partial charge in [-0.15, -0.1) is 0 Å². The van der Waals surface area contributed by atoms with Crippen LogP contribution in [-0.4, -0.2) is 5.75 Å². The fourth-order valence-electron chi connectivity index (χ4n) is 3.52. The van der Waals surface area contributed by atoms with E-state index in [0.29, 0.717) is 0 Å². The topological polar surface area (TPSA) is 0 Å². The van der Waals surface area contributed by atoms with Gasteiger partial charge in [0.15, 0.2) is 0 Å². The Kier molecular flexibility index (Phi) is 3.80. The van der Waals surface area contributed by atoms with E-state index in [1.165, 1.54) is 38.2 Å². The molecule has 4 aromatic rings. The van der Waals surface area contributed by atoms with Gasteiger partial charge in [-0.2, -0.15) is 12.6 Å². The van der Waals surface area contributed by atoms with E-state index in [2.05, 4.69) is 91.5 Å². The van der Waals surface area contributed by atoms with Crippen LogP contribution in [0.25, 0.3) is 32.7 Å². The molecule has 0 fully saturated rings. The molecular weight excluding hydrogens is 296 g/mol. The molecule has 0 unspecified atom stereocenters. The van der Waals surface area contributed by atoms with Crippen molar-refractivity contribution in [3.63, 3.8) is 0 Å². The van der Waals surface area contributed by atoms with E-state index in [1.54, 1.807) is 0 Å². The summed E-state index contributed by atoms with van der Waals surface area (Å²) in [6.45, 7) is 0. The Morgan fingerprint density at radius 3 is 1.57 bits per heavy atom. The highest BCUT2D eigenvalue weighted by molar-refractivity contribution is 7.80. The lowest BCUT2D eigenvalue weighted by atomic mass is 9.88. The van der Waals surface area contributed by atoms with Crippen LogP contribution < -0.4 is 0 Å². The molecule has 23 heavy (non-hydrogen) atoms. The third-order valence-electron chi connectivity index (χ3n) is 4.47. The van der Waals surface area contributed by atoms with Crippen LogP contribution in [0.2, 0.25) is 0 Å². The van der Waals surface area contributed by atoms with E-state index < -0.39 is 0 Å². The minimum Gasteiger partial charge on any atom is -0.179 e. The molecule has 0 heterocycles. The van der Waals surface area contributed by atoms with Gasteiger partial charge >= 0.3 is 0 Å². The molecule has 0 aromatic heterocycles. The normalized spacial score (nSPS) is 11.2. The minimum atomic E-state index is 0.860. The lowest BCUT2D eigenvalue weighted by Crippen LogP contribution is -1.94. The van der Waals surface area contributed by atoms with Crippen molar-refractivity contribution in [2.24, 2.45) is 0 Å². The molecule has 0 bridgehead atoms. The summed E-state index contributed by atoms with van der Waals surface area (Å²) in [6, 6.07) is 28.2. The molecule has 4 aromatic carbocycles. The molecule has 0 saturated heterocycles. The van der Waals surface area contributed by atoms with E-state index in [1.807, 2.05) is 0 Å². The fraction of sp³-hybridized carbons (Fsp3) is 0.0909. The Balaban J connectivity index is 2.22. The average molecular weight is 314 g/mol. The fourth-order valence-corrected chi connectivity index (χ4v) is 3.74. The van der Waals surface area contributed by atoms with Crippen LogP contribution >= 0.6 is 12.6 Å². The lowest BCUT2D eigenvalue weighted by Gasteiger charge is -2.16. The molecule has 0 radical (unpaired) electrons. The van der Waals surface area contributed by atoms with Gasteiger partial charge in [0.05, 0.1) is 0 Å². The third kappa shape index (κ3) is 2.42. The molecule has 0 aliphatic carbocycles. The zero-order chi connectivity index (χ0) is 15.6. The number of hydrogen-bond acceptors (Lipinski definition) is 1. The Bertz CT molecular complexity index is 914. The Morgan fingerprint density at radius 1 is 0.565 bits per heavy atom. The summed E-state index contributed by atoms with van der Waals surface area (Å²) in [4.78, 5) is 0. The van der Waals surface area contributed by atoms with Crippen molar-refractivity contribution >= 4 is 34.2 Å². The molecule has 0 spiro atoms. The van der Waals surface area contributed by atoms with Crippen molar-refractivity contribution in [1.82, 2.24) is 0 Å². The molecule has 4 rings (SSSR count). The predicted octanol–water partition coefficient (Wildman–Crippen LogP) is 6.13. The van der Waals surface area contributed by atoms with Gasteiger partial charge in [-0.05, 0) is 50.4 Å². The second kappa shape index (κ2) is 6.10. The maximum atomic E-state index is 4.48. The molecule has 1 heteroatoms. The number of thiol groups is 1. The standard InChI is InChI=1S/C22H18S/c23-15-14-19-17-10-4-6-12-20(17)22(16-8-2-1-3-9-16)21-13-7-5-11-18(19)21/h1-13,23H,14-15H2. The van der Waals surface area contributed by atoms with E-state index in [0.717, 1.165) is 12.2 Å². The lowest BCUT2D eigenvalue weighted by molar-refractivity contribution is 1.20. The van der Waals surface area contributed by atoms with Crippen molar-refractivity contribution in [3.8, 4) is 11.1 Å². The van der Waals surface area contributed by atoms with Gasteiger partial charge in [0.1, 0.15) is 0 Å². The smallest absolute Gasteiger partial charge is 0.00266 e. The first-order valence-corrected chi connectivity index (χ1v) is 8.62. The first kappa shape index (κ1) is 14.3. The van der Waals surface area contributed by atoms with Gasteiger partial charge in [-0.1, -0.05) is 78.9 Å². The van der Waals surface area contributed by atoms with Gasteiger partial charge in [0.2, 0.25) is 0 Å². The summed E-state index contributed by atoms with van der Waals surface area (Å²) >= 11 is 4.48. The molecule has 0 aliphatic rings. The van der Waals surface area contributed by atoms with Crippen LogP contribution in [0.15, 0.2) is 78.9 Å². The van der Waals surface area contributed by atoms with E-state index in [4.69, 9.17) is 0 Å². The molecule has 0 amide bonds. The SMILES string of the molecule is SCCc1c2ccccc2c(-c2ccccc2)c2ccccc12. The Hall–Kier alpha value is -2.25. The summed E-state index contributed by atoms with van der Waals surface area (Å²) in [6.07, 6.45) is 0.985. The summed E-state index contributed by atoms with van der Waals surface area (Å²) in [5.74, 6) is 0.860. The van der Waals surface area contributed by atoms with Crippen LogP contribution in [0.3, 0.4) is 0 Å². The van der Waals surface area contributed by atoms with Crippen LogP contribution in [0, 0.1) is 0 Å². The van der Waals surface area contributed by atoms with Crippen molar-refractivity contribution in [3.05, 3.63) is 84.4 Å². The van der Waals surface area contributed by atoms with E-state index in [-0.39, 0.29) is 0 Å². The second-order valence-corrected chi connectivity index (χ2v) is 6.23. The number of rotatable bonds is 3. The highest BCUT2D eigenvalue weighted by Gasteiger charge is 2.13. The second-order valence-electron chi connectivity index (χ2n) is 5.78. The monoisotopic (exact) mass is 314 g/mol. The average Bonchev–Trinajstić information content (AvgIpc) is 2.62. The van der Waals surface area contributed by atoms with Crippen molar-refractivity contribution < 1.29 is 0 Å². The quantitative estimate of drug-likeness (QED) is 0.341. The number of fused-ring (bicyclic) bond motifs is 2. The largest absolute Gasteiger partial charge is 0.179 e. The van der Waals surface area contributed by atoms with Crippen molar-refractivity contribution in [1.29, 1.82) is 0 Å². The predicted molar refractivity (Wildman–Crippen MR) is 104 cm³/mol. The molecule has 112 valence electrons. The van der Waals surface area contributed by atoms with Gasteiger partial charge in [0, 0.05) is 0 Å². The van der Waals surface area contributed by atoms with Crippen LogP contribution in [-0.2, 0) is 6.42 Å². The first-order chi connectivity index (χ1) is 11.4. The maximum absolute atomic E-state index is 4.48. The first-order valence-electron chi connectivity index (χ1n) is 7.99. The number of hydrogen-bond donors (Lipinski definition) is 1. The number of aryl methyl sites for hydroxylation is 1. The Labute approximate surface area is 142 Å². The highest BCUT2D eigenvalue weighted by atomic mass is 32.1. The van der Waals surface area contributed by atoms with E-state index >= 15 is 0 Å². The summed E-state index contributed by atoms with van der Waals surface area (Å²) in [7, 11) is 0. The summed E-state index contributed by atoms with van der Waals surface area (Å²) < 4.78 is 0. The third-order valence-corrected chi connectivity index (χ3v) is 4.69. The highest BCUT2D eigenvalue weighted by Crippen LogP contribution is 2.39. The van der Waals surface area contributed by atoms with Gasteiger partial charge in [-0.25, -0.2) is 0 Å². The molecule has 0 saturated carbocycles. The van der Waals surface area contributed by atoms with Crippen LogP contribution in [0.5, 0.6) is 0 Å². The summed E-state index contributed by atoms with van der Waals surface area (Å²) in [5, 5.41) is 5.35. The minimum absolute atomic E-state index is 0.860. The number of benzene rings is 4. The molecule has 0 nitrogen and oxygen atoms in total. The molecule has 0 aliphatic heterocycles.